The first-order valence-corrected chi connectivity index (χ1v) is 10.5. The molecule has 0 fully saturated rings. The summed E-state index contributed by atoms with van der Waals surface area (Å²) in [5.74, 6) is -0.117. The lowest BCUT2D eigenvalue weighted by atomic mass is 9.84. The van der Waals surface area contributed by atoms with Crippen LogP contribution in [0.3, 0.4) is 0 Å². The summed E-state index contributed by atoms with van der Waals surface area (Å²) in [4.78, 5) is 29.5. The summed E-state index contributed by atoms with van der Waals surface area (Å²) in [6, 6.07) is 22.9. The minimum absolute atomic E-state index is 0.307. The van der Waals surface area contributed by atoms with Crippen molar-refractivity contribution in [3.8, 4) is 0 Å². The maximum atomic E-state index is 13.3. The Bertz CT molecular complexity index is 1190. The summed E-state index contributed by atoms with van der Waals surface area (Å²) >= 11 is 0. The van der Waals surface area contributed by atoms with Crippen molar-refractivity contribution in [2.24, 2.45) is 4.99 Å². The molecule has 0 aromatic heterocycles. The number of aliphatic imine (C=N–C) groups is 1. The van der Waals surface area contributed by atoms with Crippen molar-refractivity contribution in [3.05, 3.63) is 101 Å². The molecule has 0 saturated carbocycles. The van der Waals surface area contributed by atoms with Crippen molar-refractivity contribution < 1.29 is 19.1 Å². The van der Waals surface area contributed by atoms with Gasteiger partial charge in [-0.05, 0) is 49.2 Å². The molecule has 1 amide bonds. The van der Waals surface area contributed by atoms with Gasteiger partial charge in [0, 0.05) is 12.0 Å². The van der Waals surface area contributed by atoms with Gasteiger partial charge in [-0.25, -0.2) is 20.0 Å². The molecule has 0 spiro atoms. The molecule has 0 unspecified atom stereocenters. The number of cyclic esters (lactones) is 1. The Morgan fingerprint density at radius 2 is 1.55 bits per heavy atom. The van der Waals surface area contributed by atoms with Crippen LogP contribution in [0.15, 0.2) is 77.8 Å². The first-order chi connectivity index (χ1) is 15.9. The largest absolute Gasteiger partial charge is 0.452 e. The van der Waals surface area contributed by atoms with Crippen LogP contribution >= 0.6 is 0 Å². The van der Waals surface area contributed by atoms with E-state index < -0.39 is 17.6 Å². The SMILES string of the molecule is COC(=O)NNc1ccc([C@@]2(Cc3ccc(C)cc3)N=C(c3ccc(C)cc3)OC2=O)cc1. The van der Waals surface area contributed by atoms with Gasteiger partial charge in [-0.1, -0.05) is 59.7 Å². The second-order valence-electron chi connectivity index (χ2n) is 8.01. The Labute approximate surface area is 192 Å². The number of esters is 1. The molecule has 0 radical (unpaired) electrons. The molecule has 1 aliphatic rings. The van der Waals surface area contributed by atoms with E-state index in [4.69, 9.17) is 9.73 Å². The Morgan fingerprint density at radius 1 is 0.939 bits per heavy atom. The average Bonchev–Trinajstić information content (AvgIpc) is 3.16. The number of anilines is 1. The second kappa shape index (κ2) is 9.16. The van der Waals surface area contributed by atoms with E-state index in [9.17, 15) is 9.59 Å². The fourth-order valence-corrected chi connectivity index (χ4v) is 3.63. The number of rotatable bonds is 6. The van der Waals surface area contributed by atoms with E-state index in [1.54, 1.807) is 24.3 Å². The number of hydrogen-bond donors (Lipinski definition) is 2. The van der Waals surface area contributed by atoms with Crippen LogP contribution < -0.4 is 10.9 Å². The van der Waals surface area contributed by atoms with E-state index in [1.807, 2.05) is 62.4 Å². The lowest BCUT2D eigenvalue weighted by molar-refractivity contribution is -0.139. The zero-order valence-electron chi connectivity index (χ0n) is 18.7. The Morgan fingerprint density at radius 3 is 2.15 bits per heavy atom. The van der Waals surface area contributed by atoms with Gasteiger partial charge in [0.25, 0.3) is 0 Å². The van der Waals surface area contributed by atoms with Crippen LogP contribution in [-0.4, -0.2) is 25.1 Å². The molecule has 1 aliphatic heterocycles. The van der Waals surface area contributed by atoms with Crippen molar-refractivity contribution >= 4 is 23.6 Å². The van der Waals surface area contributed by atoms with Crippen LogP contribution in [0.2, 0.25) is 0 Å². The number of amides is 1. The zero-order valence-corrected chi connectivity index (χ0v) is 18.7. The molecule has 2 N–H and O–H groups in total. The molecule has 33 heavy (non-hydrogen) atoms. The molecule has 168 valence electrons. The second-order valence-corrected chi connectivity index (χ2v) is 8.01. The number of ether oxygens (including phenoxy) is 2. The normalized spacial score (nSPS) is 17.2. The molecule has 0 aliphatic carbocycles. The van der Waals surface area contributed by atoms with Gasteiger partial charge in [-0.15, -0.1) is 0 Å². The molecule has 1 heterocycles. The summed E-state index contributed by atoms with van der Waals surface area (Å²) in [6.07, 6.45) is -0.254. The van der Waals surface area contributed by atoms with Crippen LogP contribution in [0.4, 0.5) is 10.5 Å². The Hall–Kier alpha value is -4.13. The van der Waals surface area contributed by atoms with E-state index in [0.29, 0.717) is 23.6 Å². The lowest BCUT2D eigenvalue weighted by Gasteiger charge is -2.23. The fraction of sp³-hybridized carbons (Fsp3) is 0.192. The van der Waals surface area contributed by atoms with E-state index in [1.165, 1.54) is 7.11 Å². The molecule has 1 atom stereocenters. The van der Waals surface area contributed by atoms with Gasteiger partial charge >= 0.3 is 12.1 Å². The van der Waals surface area contributed by atoms with Crippen molar-refractivity contribution in [2.45, 2.75) is 25.8 Å². The third kappa shape index (κ3) is 4.72. The molecule has 3 aromatic carbocycles. The van der Waals surface area contributed by atoms with Crippen LogP contribution in [0, 0.1) is 13.8 Å². The third-order valence-corrected chi connectivity index (χ3v) is 5.56. The topological polar surface area (TPSA) is 89.0 Å². The summed E-state index contributed by atoms with van der Waals surface area (Å²) in [7, 11) is 1.28. The van der Waals surface area contributed by atoms with Gasteiger partial charge in [-0.2, -0.15) is 0 Å². The maximum absolute atomic E-state index is 13.3. The van der Waals surface area contributed by atoms with Crippen molar-refractivity contribution in [2.75, 3.05) is 12.5 Å². The summed E-state index contributed by atoms with van der Waals surface area (Å²) in [6.45, 7) is 4.02. The number of benzene rings is 3. The highest BCUT2D eigenvalue weighted by Gasteiger charge is 2.48. The molecular weight excluding hydrogens is 418 g/mol. The van der Waals surface area contributed by atoms with Gasteiger partial charge in [-0.3, -0.25) is 5.43 Å². The van der Waals surface area contributed by atoms with Crippen LogP contribution in [-0.2, 0) is 26.2 Å². The number of nitrogens with one attached hydrogen (secondary N) is 2. The quantitative estimate of drug-likeness (QED) is 0.435. The van der Waals surface area contributed by atoms with Crippen LogP contribution in [0.1, 0.15) is 27.8 Å². The van der Waals surface area contributed by atoms with Gasteiger partial charge in [0.2, 0.25) is 5.90 Å². The predicted octanol–water partition coefficient (Wildman–Crippen LogP) is 4.43. The predicted molar refractivity (Wildman–Crippen MR) is 126 cm³/mol. The van der Waals surface area contributed by atoms with Crippen molar-refractivity contribution in [3.63, 3.8) is 0 Å². The number of carbonyl (C=O) groups excluding carboxylic acids is 2. The summed E-state index contributed by atoms with van der Waals surface area (Å²) in [5, 5.41) is 0. The number of carbonyl (C=O) groups is 2. The number of aryl methyl sites for hydroxylation is 2. The highest BCUT2D eigenvalue weighted by Crippen LogP contribution is 2.37. The van der Waals surface area contributed by atoms with Crippen molar-refractivity contribution in [1.82, 2.24) is 5.43 Å². The number of methoxy groups -OCH3 is 1. The van der Waals surface area contributed by atoms with Gasteiger partial charge < -0.3 is 9.47 Å². The van der Waals surface area contributed by atoms with E-state index in [2.05, 4.69) is 15.6 Å². The molecule has 7 heteroatoms. The minimum atomic E-state index is -1.22. The first kappa shape index (κ1) is 22.1. The minimum Gasteiger partial charge on any atom is -0.452 e. The van der Waals surface area contributed by atoms with E-state index in [-0.39, 0.29) is 0 Å². The molecule has 4 rings (SSSR count). The van der Waals surface area contributed by atoms with Gasteiger partial charge in [0.1, 0.15) is 0 Å². The Balaban J connectivity index is 1.71. The third-order valence-electron chi connectivity index (χ3n) is 5.56. The highest BCUT2D eigenvalue weighted by atomic mass is 16.6. The Kier molecular flexibility index (Phi) is 6.13. The van der Waals surface area contributed by atoms with Gasteiger partial charge in [0.05, 0.1) is 12.8 Å². The van der Waals surface area contributed by atoms with Crippen molar-refractivity contribution in [1.29, 1.82) is 0 Å². The van der Waals surface area contributed by atoms with E-state index in [0.717, 1.165) is 22.3 Å². The molecule has 7 nitrogen and oxygen atoms in total. The average molecular weight is 444 g/mol. The smallest absolute Gasteiger partial charge is 0.425 e. The number of hydrazine groups is 1. The van der Waals surface area contributed by atoms with Crippen LogP contribution in [0.25, 0.3) is 0 Å². The molecular formula is C26H25N3O4. The first-order valence-electron chi connectivity index (χ1n) is 10.5. The maximum Gasteiger partial charge on any atom is 0.425 e. The number of nitrogens with zero attached hydrogens (tertiary/aromatic N) is 1. The standard InChI is InChI=1S/C26H25N3O4/c1-17-4-8-19(9-5-17)16-26(21-12-14-22(15-13-21)28-29-25(31)32-3)24(30)33-23(27-26)20-10-6-18(2)7-11-20/h4-15,28H,16H2,1-3H3,(H,29,31)/t26-/m1/s1. The number of hydrogen-bond acceptors (Lipinski definition) is 6. The molecule has 0 saturated heterocycles. The monoisotopic (exact) mass is 443 g/mol. The van der Waals surface area contributed by atoms with Gasteiger partial charge in [0.15, 0.2) is 5.54 Å². The molecule has 0 bridgehead atoms. The zero-order chi connectivity index (χ0) is 23.4. The lowest BCUT2D eigenvalue weighted by Crippen LogP contribution is -2.34. The highest BCUT2D eigenvalue weighted by molar-refractivity contribution is 6.08. The molecule has 3 aromatic rings. The van der Waals surface area contributed by atoms with Crippen LogP contribution in [0.5, 0.6) is 0 Å². The summed E-state index contributed by atoms with van der Waals surface area (Å²) < 4.78 is 10.3. The fourth-order valence-electron chi connectivity index (χ4n) is 3.63. The van der Waals surface area contributed by atoms with E-state index >= 15 is 0 Å². The summed E-state index contributed by atoms with van der Waals surface area (Å²) in [5.41, 5.74) is 9.23.